The minimum absolute atomic E-state index is 0. The van der Waals surface area contributed by atoms with Crippen molar-refractivity contribution in [2.24, 2.45) is 16.8 Å². The molecule has 0 aromatic carbocycles. The van der Waals surface area contributed by atoms with Crippen LogP contribution in [0.2, 0.25) is 0 Å². The predicted molar refractivity (Wildman–Crippen MR) is 114 cm³/mol. The van der Waals surface area contributed by atoms with Crippen molar-refractivity contribution >= 4 is 41.3 Å². The summed E-state index contributed by atoms with van der Waals surface area (Å²) in [5.74, 6) is 2.57. The molecule has 1 fully saturated rings. The number of aromatic nitrogens is 1. The Morgan fingerprint density at radius 2 is 2.08 bits per heavy atom. The molecule has 0 radical (unpaired) electrons. The number of thiazole rings is 1. The molecule has 2 atom stereocenters. The molecule has 138 valence electrons. The Hall–Kier alpha value is -0.410. The van der Waals surface area contributed by atoms with Gasteiger partial charge >= 0.3 is 0 Å². The molecule has 0 amide bonds. The average molecular weight is 465 g/mol. The zero-order valence-electron chi connectivity index (χ0n) is 15.6. The van der Waals surface area contributed by atoms with Crippen LogP contribution in [-0.4, -0.2) is 61.0 Å². The van der Waals surface area contributed by atoms with Crippen LogP contribution in [0, 0.1) is 18.8 Å². The molecule has 1 saturated heterocycles. The number of guanidine groups is 1. The number of hydrogen-bond donors (Lipinski definition) is 1. The van der Waals surface area contributed by atoms with E-state index in [-0.39, 0.29) is 24.0 Å². The summed E-state index contributed by atoms with van der Waals surface area (Å²) in [7, 11) is 3.91. The molecule has 2 unspecified atom stereocenters. The van der Waals surface area contributed by atoms with Gasteiger partial charge in [-0.05, 0) is 25.2 Å². The summed E-state index contributed by atoms with van der Waals surface area (Å²) in [4.78, 5) is 13.6. The number of piperidine rings is 1. The van der Waals surface area contributed by atoms with Crippen molar-refractivity contribution in [1.29, 1.82) is 0 Å². The zero-order valence-corrected chi connectivity index (χ0v) is 18.7. The van der Waals surface area contributed by atoms with Crippen LogP contribution in [0.25, 0.3) is 0 Å². The number of nitrogens with zero attached hydrogens (tertiary/aromatic N) is 4. The Kier molecular flexibility index (Phi) is 9.51. The van der Waals surface area contributed by atoms with Crippen LogP contribution in [-0.2, 0) is 6.54 Å². The van der Waals surface area contributed by atoms with Gasteiger partial charge in [0.05, 0.1) is 17.2 Å². The minimum Gasteiger partial charge on any atom is -0.355 e. The van der Waals surface area contributed by atoms with Crippen LogP contribution >= 0.6 is 35.3 Å². The first kappa shape index (κ1) is 21.6. The third kappa shape index (κ3) is 6.84. The van der Waals surface area contributed by atoms with Crippen LogP contribution < -0.4 is 5.32 Å². The number of aliphatic imine (C=N–C) groups is 1. The molecule has 7 heteroatoms. The van der Waals surface area contributed by atoms with E-state index >= 15 is 0 Å². The molecule has 2 heterocycles. The average Bonchev–Trinajstić information content (AvgIpc) is 2.87. The molecule has 1 N–H and O–H groups in total. The first-order valence-electron chi connectivity index (χ1n) is 8.53. The van der Waals surface area contributed by atoms with E-state index in [1.165, 1.54) is 19.5 Å². The fourth-order valence-corrected chi connectivity index (χ4v) is 4.09. The zero-order chi connectivity index (χ0) is 16.8. The highest BCUT2D eigenvalue weighted by molar-refractivity contribution is 14.0. The van der Waals surface area contributed by atoms with E-state index < -0.39 is 0 Å². The molecule has 0 aliphatic carbocycles. The molecule has 0 saturated carbocycles. The molecule has 0 spiro atoms. The lowest BCUT2D eigenvalue weighted by Gasteiger charge is -2.35. The SMILES string of the molecule is CN=C(NCCN1CC(C)CC(C)C1)N(C)Cc1csc(C)n1.I. The first-order chi connectivity index (χ1) is 11.0. The van der Waals surface area contributed by atoms with Gasteiger partial charge in [-0.25, -0.2) is 4.98 Å². The van der Waals surface area contributed by atoms with Crippen molar-refractivity contribution in [3.8, 4) is 0 Å². The maximum absolute atomic E-state index is 4.52. The smallest absolute Gasteiger partial charge is 0.193 e. The van der Waals surface area contributed by atoms with Gasteiger partial charge in [0.2, 0.25) is 0 Å². The van der Waals surface area contributed by atoms with Gasteiger partial charge in [-0.3, -0.25) is 4.99 Å². The van der Waals surface area contributed by atoms with Crippen LogP contribution in [0.15, 0.2) is 10.4 Å². The van der Waals surface area contributed by atoms with Crippen molar-refractivity contribution in [3.63, 3.8) is 0 Å². The summed E-state index contributed by atoms with van der Waals surface area (Å²) in [6.07, 6.45) is 1.36. The standard InChI is InChI=1S/C17H31N5S.HI/c1-13-8-14(2)10-22(9-13)7-6-19-17(18-4)21(5)11-16-12-23-15(3)20-16;/h12-14H,6-11H2,1-5H3,(H,18,19);1H. The number of aryl methyl sites for hydroxylation is 1. The first-order valence-corrected chi connectivity index (χ1v) is 9.41. The summed E-state index contributed by atoms with van der Waals surface area (Å²) in [6.45, 7) is 12.0. The molecule has 0 bridgehead atoms. The summed E-state index contributed by atoms with van der Waals surface area (Å²) < 4.78 is 0. The summed E-state index contributed by atoms with van der Waals surface area (Å²) in [6, 6.07) is 0. The van der Waals surface area contributed by atoms with Gasteiger partial charge in [-0.15, -0.1) is 35.3 Å². The topological polar surface area (TPSA) is 43.8 Å². The fourth-order valence-electron chi connectivity index (χ4n) is 3.48. The third-order valence-electron chi connectivity index (χ3n) is 4.29. The lowest BCUT2D eigenvalue weighted by Crippen LogP contribution is -2.45. The van der Waals surface area contributed by atoms with Gasteiger partial charge in [0.15, 0.2) is 5.96 Å². The molecular weight excluding hydrogens is 433 g/mol. The van der Waals surface area contributed by atoms with Crippen LogP contribution in [0.4, 0.5) is 0 Å². The van der Waals surface area contributed by atoms with E-state index in [1.807, 2.05) is 14.0 Å². The summed E-state index contributed by atoms with van der Waals surface area (Å²) in [5.41, 5.74) is 1.11. The second-order valence-corrected chi connectivity index (χ2v) is 7.96. The van der Waals surface area contributed by atoms with Gasteiger partial charge in [-0.1, -0.05) is 13.8 Å². The fraction of sp³-hybridized carbons (Fsp3) is 0.765. The molecule has 1 aromatic rings. The number of rotatable bonds is 5. The van der Waals surface area contributed by atoms with Crippen molar-refractivity contribution in [2.75, 3.05) is 40.3 Å². The highest BCUT2D eigenvalue weighted by atomic mass is 127. The number of nitrogens with one attached hydrogen (secondary N) is 1. The van der Waals surface area contributed by atoms with Gasteiger partial charge in [0.1, 0.15) is 0 Å². The van der Waals surface area contributed by atoms with E-state index in [4.69, 9.17) is 0 Å². The predicted octanol–water partition coefficient (Wildman–Crippen LogP) is 3.05. The minimum atomic E-state index is 0. The molecule has 1 aromatic heterocycles. The molecule has 1 aliphatic heterocycles. The van der Waals surface area contributed by atoms with Gasteiger partial charge in [0.25, 0.3) is 0 Å². The third-order valence-corrected chi connectivity index (χ3v) is 5.12. The number of likely N-dealkylation sites (tertiary alicyclic amines) is 1. The maximum Gasteiger partial charge on any atom is 0.193 e. The summed E-state index contributed by atoms with van der Waals surface area (Å²) in [5, 5.41) is 6.72. The van der Waals surface area contributed by atoms with Crippen molar-refractivity contribution < 1.29 is 0 Å². The lowest BCUT2D eigenvalue weighted by molar-refractivity contribution is 0.143. The second-order valence-electron chi connectivity index (χ2n) is 6.89. The Bertz CT molecular complexity index is 509. The normalized spacial score (nSPS) is 22.1. The van der Waals surface area contributed by atoms with E-state index in [0.717, 1.165) is 48.1 Å². The van der Waals surface area contributed by atoms with E-state index in [0.29, 0.717) is 0 Å². The van der Waals surface area contributed by atoms with Crippen molar-refractivity contribution in [2.45, 2.75) is 33.7 Å². The Morgan fingerprint density at radius 1 is 1.42 bits per heavy atom. The van der Waals surface area contributed by atoms with Gasteiger partial charge in [-0.2, -0.15) is 0 Å². The quantitative estimate of drug-likeness (QED) is 0.413. The van der Waals surface area contributed by atoms with Gasteiger partial charge < -0.3 is 15.1 Å². The number of hydrogen-bond acceptors (Lipinski definition) is 4. The number of halogens is 1. The largest absolute Gasteiger partial charge is 0.355 e. The Balaban J connectivity index is 0.00000288. The van der Waals surface area contributed by atoms with Crippen molar-refractivity contribution in [1.82, 2.24) is 20.1 Å². The lowest BCUT2D eigenvalue weighted by atomic mass is 9.92. The van der Waals surface area contributed by atoms with E-state index in [2.05, 4.69) is 51.4 Å². The van der Waals surface area contributed by atoms with Gasteiger partial charge in [0, 0.05) is 45.7 Å². The monoisotopic (exact) mass is 465 g/mol. The van der Waals surface area contributed by atoms with Crippen LogP contribution in [0.5, 0.6) is 0 Å². The molecule has 5 nitrogen and oxygen atoms in total. The van der Waals surface area contributed by atoms with Crippen molar-refractivity contribution in [3.05, 3.63) is 16.1 Å². The Morgan fingerprint density at radius 3 is 2.62 bits per heavy atom. The second kappa shape index (κ2) is 10.6. The maximum atomic E-state index is 4.52. The molecule has 1 aliphatic rings. The van der Waals surface area contributed by atoms with E-state index in [1.54, 1.807) is 11.3 Å². The van der Waals surface area contributed by atoms with Crippen LogP contribution in [0.1, 0.15) is 31.0 Å². The Labute approximate surface area is 168 Å². The highest BCUT2D eigenvalue weighted by Crippen LogP contribution is 2.20. The highest BCUT2D eigenvalue weighted by Gasteiger charge is 2.21. The molecule has 2 rings (SSSR count). The van der Waals surface area contributed by atoms with E-state index in [9.17, 15) is 0 Å². The van der Waals surface area contributed by atoms with Crippen LogP contribution in [0.3, 0.4) is 0 Å². The summed E-state index contributed by atoms with van der Waals surface area (Å²) >= 11 is 1.70. The molecule has 24 heavy (non-hydrogen) atoms. The molecular formula is C17H32IN5S.